The number of carbonyl (C=O) groups is 1. The Morgan fingerprint density at radius 1 is 1.41 bits per heavy atom. The van der Waals surface area contributed by atoms with Crippen LogP contribution < -0.4 is 0 Å². The molecule has 0 aliphatic heterocycles. The normalized spacial score (nSPS) is 14.4. The first-order valence-corrected chi connectivity index (χ1v) is 7.82. The van der Waals surface area contributed by atoms with Gasteiger partial charge in [0, 0.05) is 19.8 Å². The fraction of sp³-hybridized carbons (Fsp3) is 0.533. The van der Waals surface area contributed by atoms with Gasteiger partial charge < -0.3 is 4.90 Å². The van der Waals surface area contributed by atoms with Crippen molar-refractivity contribution < 1.29 is 4.79 Å². The smallest absolute Gasteiger partial charge is 0.274 e. The molecule has 6 nitrogen and oxygen atoms in total. The minimum atomic E-state index is -0.0305. The molecular weight excluding hydrogens is 302 g/mol. The quantitative estimate of drug-likeness (QED) is 0.849. The molecule has 2 heterocycles. The number of aryl methyl sites for hydroxylation is 1. The molecule has 0 aromatic carbocycles. The Balaban J connectivity index is 1.70. The largest absolute Gasteiger partial charge is 0.340 e. The van der Waals surface area contributed by atoms with E-state index in [1.165, 1.54) is 12.8 Å². The maximum atomic E-state index is 12.3. The summed E-state index contributed by atoms with van der Waals surface area (Å²) in [5.41, 5.74) is 2.16. The van der Waals surface area contributed by atoms with Crippen LogP contribution in [0.25, 0.3) is 0 Å². The number of nitrogens with zero attached hydrogens (tertiary/aromatic N) is 5. The third-order valence-corrected chi connectivity index (χ3v) is 4.55. The second-order valence-electron chi connectivity index (χ2n) is 6.00. The SMILES string of the molecule is Cc1nn(Cn2ccc(C(=O)N(C)CC3CC3)n2)c(C)c1Cl. The molecule has 0 radical (unpaired) electrons. The molecule has 0 atom stereocenters. The zero-order valence-corrected chi connectivity index (χ0v) is 13.8. The van der Waals surface area contributed by atoms with Crippen molar-refractivity contribution in [2.45, 2.75) is 33.4 Å². The minimum absolute atomic E-state index is 0.0305. The molecule has 0 unspecified atom stereocenters. The van der Waals surface area contributed by atoms with Crippen LogP contribution in [0.2, 0.25) is 5.02 Å². The summed E-state index contributed by atoms with van der Waals surface area (Å²) in [5, 5.41) is 9.40. The first-order chi connectivity index (χ1) is 10.5. The maximum Gasteiger partial charge on any atom is 0.274 e. The van der Waals surface area contributed by atoms with Crippen LogP contribution in [0.3, 0.4) is 0 Å². The van der Waals surface area contributed by atoms with E-state index in [4.69, 9.17) is 11.6 Å². The van der Waals surface area contributed by atoms with E-state index in [2.05, 4.69) is 10.2 Å². The molecule has 1 aliphatic carbocycles. The van der Waals surface area contributed by atoms with Crippen molar-refractivity contribution in [3.63, 3.8) is 0 Å². The lowest BCUT2D eigenvalue weighted by Crippen LogP contribution is -2.29. The average molecular weight is 322 g/mol. The minimum Gasteiger partial charge on any atom is -0.340 e. The summed E-state index contributed by atoms with van der Waals surface area (Å²) in [6.45, 7) is 5.05. The van der Waals surface area contributed by atoms with Crippen molar-refractivity contribution in [2.24, 2.45) is 5.92 Å². The van der Waals surface area contributed by atoms with Gasteiger partial charge in [0.2, 0.25) is 0 Å². The summed E-state index contributed by atoms with van der Waals surface area (Å²) >= 11 is 6.14. The Kier molecular flexibility index (Phi) is 3.95. The monoisotopic (exact) mass is 321 g/mol. The predicted molar refractivity (Wildman–Crippen MR) is 84.0 cm³/mol. The molecule has 0 saturated heterocycles. The zero-order chi connectivity index (χ0) is 15.9. The van der Waals surface area contributed by atoms with Crippen LogP contribution >= 0.6 is 11.6 Å². The molecule has 1 fully saturated rings. The molecule has 0 bridgehead atoms. The average Bonchev–Trinajstić information content (AvgIpc) is 3.13. The number of hydrogen-bond donors (Lipinski definition) is 0. The first-order valence-electron chi connectivity index (χ1n) is 7.44. The van der Waals surface area contributed by atoms with Crippen molar-refractivity contribution in [3.8, 4) is 0 Å². The van der Waals surface area contributed by atoms with Gasteiger partial charge in [-0.3, -0.25) is 9.48 Å². The summed E-state index contributed by atoms with van der Waals surface area (Å²) in [6, 6.07) is 1.75. The van der Waals surface area contributed by atoms with Crippen molar-refractivity contribution in [1.82, 2.24) is 24.5 Å². The highest BCUT2D eigenvalue weighted by atomic mass is 35.5. The fourth-order valence-electron chi connectivity index (χ4n) is 2.47. The van der Waals surface area contributed by atoms with Gasteiger partial charge in [-0.05, 0) is 38.7 Å². The second kappa shape index (κ2) is 5.76. The van der Waals surface area contributed by atoms with Gasteiger partial charge in [-0.1, -0.05) is 11.6 Å². The summed E-state index contributed by atoms with van der Waals surface area (Å²) in [4.78, 5) is 14.1. The van der Waals surface area contributed by atoms with Crippen molar-refractivity contribution in [2.75, 3.05) is 13.6 Å². The number of halogens is 1. The molecule has 1 aliphatic rings. The highest BCUT2D eigenvalue weighted by Gasteiger charge is 2.26. The topological polar surface area (TPSA) is 56.0 Å². The fourth-order valence-corrected chi connectivity index (χ4v) is 2.61. The van der Waals surface area contributed by atoms with E-state index in [9.17, 15) is 4.79 Å². The maximum absolute atomic E-state index is 12.3. The molecule has 7 heteroatoms. The van der Waals surface area contributed by atoms with E-state index in [0.29, 0.717) is 23.3 Å². The Morgan fingerprint density at radius 2 is 2.14 bits per heavy atom. The third-order valence-electron chi connectivity index (χ3n) is 4.01. The second-order valence-corrected chi connectivity index (χ2v) is 6.37. The zero-order valence-electron chi connectivity index (χ0n) is 13.1. The number of carbonyl (C=O) groups excluding carboxylic acids is 1. The van der Waals surface area contributed by atoms with Gasteiger partial charge in [0.1, 0.15) is 12.4 Å². The molecule has 1 amide bonds. The molecule has 22 heavy (non-hydrogen) atoms. The van der Waals surface area contributed by atoms with E-state index in [-0.39, 0.29) is 5.91 Å². The van der Waals surface area contributed by atoms with Crippen LogP contribution in [0.4, 0.5) is 0 Å². The Morgan fingerprint density at radius 3 is 2.73 bits per heavy atom. The lowest BCUT2D eigenvalue weighted by Gasteiger charge is -2.14. The van der Waals surface area contributed by atoms with E-state index < -0.39 is 0 Å². The first kappa shape index (κ1) is 15.1. The molecule has 0 N–H and O–H groups in total. The lowest BCUT2D eigenvalue weighted by molar-refractivity contribution is 0.0782. The highest BCUT2D eigenvalue weighted by molar-refractivity contribution is 6.31. The molecule has 0 spiro atoms. The van der Waals surface area contributed by atoms with Crippen molar-refractivity contribution in [3.05, 3.63) is 34.4 Å². The Labute approximate surface area is 134 Å². The van der Waals surface area contributed by atoms with E-state index >= 15 is 0 Å². The molecule has 118 valence electrons. The Bertz CT molecular complexity index is 701. The summed E-state index contributed by atoms with van der Waals surface area (Å²) in [5.74, 6) is 0.643. The van der Waals surface area contributed by atoms with E-state index in [1.54, 1.807) is 26.5 Å². The standard InChI is InChI=1S/C15H20ClN5O/c1-10-14(16)11(2)21(17-10)9-20-7-6-13(18-20)15(22)19(3)8-12-4-5-12/h6-7,12H,4-5,8-9H2,1-3H3. The van der Waals surface area contributed by atoms with Crippen LogP contribution in [-0.4, -0.2) is 44.0 Å². The van der Waals surface area contributed by atoms with Crippen LogP contribution in [-0.2, 0) is 6.67 Å². The molecule has 1 saturated carbocycles. The van der Waals surface area contributed by atoms with Crippen molar-refractivity contribution in [1.29, 1.82) is 0 Å². The number of aromatic nitrogens is 4. The number of rotatable bonds is 5. The van der Waals surface area contributed by atoms with E-state index in [0.717, 1.165) is 17.9 Å². The number of amides is 1. The summed E-state index contributed by atoms with van der Waals surface area (Å²) in [6.07, 6.45) is 4.25. The van der Waals surface area contributed by atoms with Crippen LogP contribution in [0.15, 0.2) is 12.3 Å². The van der Waals surface area contributed by atoms with Gasteiger partial charge >= 0.3 is 0 Å². The molecule has 3 rings (SSSR count). The molecular formula is C15H20ClN5O. The van der Waals surface area contributed by atoms with Crippen LogP contribution in [0.5, 0.6) is 0 Å². The number of hydrogen-bond acceptors (Lipinski definition) is 3. The molecule has 2 aromatic heterocycles. The van der Waals surface area contributed by atoms with E-state index in [1.807, 2.05) is 20.9 Å². The summed E-state index contributed by atoms with van der Waals surface area (Å²) in [7, 11) is 1.83. The van der Waals surface area contributed by atoms with Gasteiger partial charge in [0.15, 0.2) is 0 Å². The van der Waals surface area contributed by atoms with Gasteiger partial charge in [0.05, 0.1) is 16.4 Å². The van der Waals surface area contributed by atoms with Crippen molar-refractivity contribution >= 4 is 17.5 Å². The van der Waals surface area contributed by atoms with Gasteiger partial charge in [-0.15, -0.1) is 0 Å². The van der Waals surface area contributed by atoms with Crippen LogP contribution in [0, 0.1) is 19.8 Å². The highest BCUT2D eigenvalue weighted by Crippen LogP contribution is 2.29. The predicted octanol–water partition coefficient (Wildman–Crippen LogP) is 2.34. The molecule has 2 aromatic rings. The van der Waals surface area contributed by atoms with Crippen LogP contribution in [0.1, 0.15) is 34.7 Å². The third kappa shape index (κ3) is 3.02. The summed E-state index contributed by atoms with van der Waals surface area (Å²) < 4.78 is 3.49. The Hall–Kier alpha value is -1.82. The van der Waals surface area contributed by atoms with Gasteiger partial charge in [-0.2, -0.15) is 10.2 Å². The van der Waals surface area contributed by atoms with Gasteiger partial charge in [0.25, 0.3) is 5.91 Å². The lowest BCUT2D eigenvalue weighted by atomic mass is 10.3. The van der Waals surface area contributed by atoms with Gasteiger partial charge in [-0.25, -0.2) is 4.68 Å².